The molecule has 0 spiro atoms. The van der Waals surface area contributed by atoms with Gasteiger partial charge in [0.05, 0.1) is 4.90 Å². The summed E-state index contributed by atoms with van der Waals surface area (Å²) in [7, 11) is -3.70. The molecule has 0 bridgehead atoms. The molecule has 0 aliphatic heterocycles. The quantitative estimate of drug-likeness (QED) is 0.732. The molecular formula is C17H17FN4O2S. The Balaban J connectivity index is 1.70. The molecule has 130 valence electrons. The van der Waals surface area contributed by atoms with Crippen molar-refractivity contribution in [1.29, 1.82) is 0 Å². The van der Waals surface area contributed by atoms with Crippen LogP contribution in [0.1, 0.15) is 5.56 Å². The van der Waals surface area contributed by atoms with Crippen LogP contribution in [0.15, 0.2) is 59.9 Å². The Morgan fingerprint density at radius 1 is 1.16 bits per heavy atom. The fourth-order valence-electron chi connectivity index (χ4n) is 2.51. The fraction of sp³-hybridized carbons (Fsp3) is 0.176. The van der Waals surface area contributed by atoms with E-state index in [-0.39, 0.29) is 11.4 Å². The predicted octanol–water partition coefficient (Wildman–Crippen LogP) is 2.37. The fourth-order valence-corrected chi connectivity index (χ4v) is 3.76. The maximum atomic E-state index is 13.1. The van der Waals surface area contributed by atoms with E-state index in [1.54, 1.807) is 25.5 Å². The van der Waals surface area contributed by atoms with Gasteiger partial charge in [0.15, 0.2) is 5.82 Å². The van der Waals surface area contributed by atoms with Gasteiger partial charge in [0.2, 0.25) is 10.0 Å². The van der Waals surface area contributed by atoms with E-state index < -0.39 is 15.8 Å². The monoisotopic (exact) mass is 360 g/mol. The van der Waals surface area contributed by atoms with Gasteiger partial charge in [0, 0.05) is 31.7 Å². The van der Waals surface area contributed by atoms with Crippen molar-refractivity contribution in [3.8, 4) is 11.5 Å². The first-order valence-corrected chi connectivity index (χ1v) is 9.14. The summed E-state index contributed by atoms with van der Waals surface area (Å²) < 4.78 is 42.3. The Morgan fingerprint density at radius 2 is 2.00 bits per heavy atom. The smallest absolute Gasteiger partial charge is 0.240 e. The molecule has 3 aromatic rings. The van der Waals surface area contributed by atoms with Gasteiger partial charge >= 0.3 is 0 Å². The second-order valence-corrected chi connectivity index (χ2v) is 7.20. The van der Waals surface area contributed by atoms with Crippen molar-refractivity contribution >= 4 is 10.0 Å². The highest BCUT2D eigenvalue weighted by Crippen LogP contribution is 2.16. The molecule has 0 saturated heterocycles. The number of pyridine rings is 1. The van der Waals surface area contributed by atoms with Crippen LogP contribution in [0, 0.1) is 12.7 Å². The molecule has 2 heterocycles. The summed E-state index contributed by atoms with van der Waals surface area (Å²) in [4.78, 5) is 8.59. The van der Waals surface area contributed by atoms with Crippen LogP contribution in [0.2, 0.25) is 0 Å². The topological polar surface area (TPSA) is 76.9 Å². The van der Waals surface area contributed by atoms with Crippen molar-refractivity contribution in [2.24, 2.45) is 0 Å². The number of hydrogen-bond donors (Lipinski definition) is 1. The lowest BCUT2D eigenvalue weighted by Gasteiger charge is -2.11. The van der Waals surface area contributed by atoms with E-state index in [0.717, 1.165) is 6.07 Å². The third-order valence-corrected chi connectivity index (χ3v) is 5.30. The van der Waals surface area contributed by atoms with Gasteiger partial charge in [-0.25, -0.2) is 22.5 Å². The normalized spacial score (nSPS) is 11.6. The molecule has 6 nitrogen and oxygen atoms in total. The molecule has 0 amide bonds. The summed E-state index contributed by atoms with van der Waals surface area (Å²) in [6.07, 6.45) is 5.08. The summed E-state index contributed by atoms with van der Waals surface area (Å²) in [6.45, 7) is 2.13. The number of benzene rings is 1. The first-order valence-electron chi connectivity index (χ1n) is 7.66. The average Bonchev–Trinajstić information content (AvgIpc) is 3.03. The van der Waals surface area contributed by atoms with Crippen LogP contribution in [0.3, 0.4) is 0 Å². The summed E-state index contributed by atoms with van der Waals surface area (Å²) in [6, 6.07) is 9.12. The number of hydrogen-bond acceptors (Lipinski definition) is 4. The predicted molar refractivity (Wildman–Crippen MR) is 91.8 cm³/mol. The molecule has 25 heavy (non-hydrogen) atoms. The van der Waals surface area contributed by atoms with Crippen molar-refractivity contribution < 1.29 is 12.8 Å². The maximum Gasteiger partial charge on any atom is 0.240 e. The number of nitrogens with zero attached hydrogens (tertiary/aromatic N) is 3. The lowest BCUT2D eigenvalue weighted by molar-refractivity contribution is 0.571. The van der Waals surface area contributed by atoms with E-state index in [2.05, 4.69) is 14.7 Å². The van der Waals surface area contributed by atoms with Crippen molar-refractivity contribution in [2.45, 2.75) is 18.4 Å². The van der Waals surface area contributed by atoms with Crippen LogP contribution in [0.5, 0.6) is 0 Å². The molecule has 0 atom stereocenters. The molecule has 0 aliphatic carbocycles. The molecule has 0 unspecified atom stereocenters. The third-order valence-electron chi connectivity index (χ3n) is 3.68. The lowest BCUT2D eigenvalue weighted by Crippen LogP contribution is -2.28. The molecule has 0 fully saturated rings. The highest BCUT2D eigenvalue weighted by atomic mass is 32.2. The number of aromatic nitrogens is 3. The minimum absolute atomic E-state index is 0.0736. The number of rotatable bonds is 6. The Labute approximate surface area is 145 Å². The molecule has 8 heteroatoms. The summed E-state index contributed by atoms with van der Waals surface area (Å²) in [5.41, 5.74) is 1.08. The molecular weight excluding hydrogens is 343 g/mol. The SMILES string of the molecule is Cc1cc(F)ccc1S(=O)(=O)NCCn1ccnc1-c1ccccn1. The first kappa shape index (κ1) is 17.2. The van der Waals surface area contributed by atoms with Gasteiger partial charge in [0.25, 0.3) is 0 Å². The van der Waals surface area contributed by atoms with Gasteiger partial charge in [0.1, 0.15) is 11.5 Å². The molecule has 0 saturated carbocycles. The van der Waals surface area contributed by atoms with Crippen molar-refractivity contribution in [2.75, 3.05) is 6.54 Å². The number of sulfonamides is 1. The number of imidazole rings is 1. The van der Waals surface area contributed by atoms with E-state index in [4.69, 9.17) is 0 Å². The average molecular weight is 360 g/mol. The molecule has 3 rings (SSSR count). The van der Waals surface area contributed by atoms with E-state index in [0.29, 0.717) is 23.6 Å². The van der Waals surface area contributed by atoms with Crippen LogP contribution >= 0.6 is 0 Å². The van der Waals surface area contributed by atoms with Gasteiger partial charge in [-0.05, 0) is 42.8 Å². The summed E-state index contributed by atoms with van der Waals surface area (Å²) in [5, 5.41) is 0. The van der Waals surface area contributed by atoms with Crippen molar-refractivity contribution in [3.05, 3.63) is 66.4 Å². The zero-order valence-electron chi connectivity index (χ0n) is 13.6. The second-order valence-electron chi connectivity index (χ2n) is 5.47. The second kappa shape index (κ2) is 7.12. The highest BCUT2D eigenvalue weighted by molar-refractivity contribution is 7.89. The van der Waals surface area contributed by atoms with Crippen molar-refractivity contribution in [3.63, 3.8) is 0 Å². The zero-order valence-corrected chi connectivity index (χ0v) is 14.4. The number of aryl methyl sites for hydroxylation is 1. The van der Waals surface area contributed by atoms with Gasteiger partial charge in [-0.1, -0.05) is 6.07 Å². The van der Waals surface area contributed by atoms with E-state index in [1.807, 2.05) is 22.8 Å². The largest absolute Gasteiger partial charge is 0.328 e. The van der Waals surface area contributed by atoms with Gasteiger partial charge in [-0.3, -0.25) is 4.98 Å². The summed E-state index contributed by atoms with van der Waals surface area (Å²) >= 11 is 0. The van der Waals surface area contributed by atoms with Crippen LogP contribution in [-0.2, 0) is 16.6 Å². The van der Waals surface area contributed by atoms with Gasteiger partial charge < -0.3 is 4.57 Å². The van der Waals surface area contributed by atoms with Gasteiger partial charge in [-0.15, -0.1) is 0 Å². The van der Waals surface area contributed by atoms with Crippen LogP contribution in [0.25, 0.3) is 11.5 Å². The highest BCUT2D eigenvalue weighted by Gasteiger charge is 2.17. The minimum Gasteiger partial charge on any atom is -0.328 e. The van der Waals surface area contributed by atoms with E-state index in [9.17, 15) is 12.8 Å². The molecule has 1 N–H and O–H groups in total. The Kier molecular flexibility index (Phi) is 4.91. The lowest BCUT2D eigenvalue weighted by atomic mass is 10.2. The van der Waals surface area contributed by atoms with Crippen molar-refractivity contribution in [1.82, 2.24) is 19.3 Å². The Bertz CT molecular complexity index is 971. The van der Waals surface area contributed by atoms with Crippen LogP contribution < -0.4 is 4.72 Å². The van der Waals surface area contributed by atoms with E-state index in [1.165, 1.54) is 12.1 Å². The zero-order chi connectivity index (χ0) is 17.9. The van der Waals surface area contributed by atoms with E-state index >= 15 is 0 Å². The first-order chi connectivity index (χ1) is 12.0. The number of halogens is 1. The van der Waals surface area contributed by atoms with Crippen LogP contribution in [-0.4, -0.2) is 29.5 Å². The number of nitrogens with one attached hydrogen (secondary N) is 1. The maximum absolute atomic E-state index is 13.1. The Morgan fingerprint density at radius 3 is 2.72 bits per heavy atom. The molecule has 0 aliphatic rings. The summed E-state index contributed by atoms with van der Waals surface area (Å²) in [5.74, 6) is 0.202. The van der Waals surface area contributed by atoms with Crippen LogP contribution in [0.4, 0.5) is 4.39 Å². The van der Waals surface area contributed by atoms with Gasteiger partial charge in [-0.2, -0.15) is 0 Å². The molecule has 1 aromatic carbocycles. The molecule has 2 aromatic heterocycles. The minimum atomic E-state index is -3.70. The standard InChI is InChI=1S/C17H17FN4O2S/c1-13-12-14(18)5-6-16(13)25(23,24)21-9-11-22-10-8-20-17(22)15-4-2-3-7-19-15/h2-8,10,12,21H,9,11H2,1H3. The molecule has 0 radical (unpaired) electrons. The third kappa shape index (κ3) is 3.92. The Hall–Kier alpha value is -2.58.